The first-order valence-corrected chi connectivity index (χ1v) is 8.38. The van der Waals surface area contributed by atoms with Crippen molar-refractivity contribution in [3.63, 3.8) is 0 Å². The molecule has 0 spiro atoms. The molecule has 2 aromatic rings. The van der Waals surface area contributed by atoms with Gasteiger partial charge >= 0.3 is 0 Å². The van der Waals surface area contributed by atoms with Gasteiger partial charge in [0.15, 0.2) is 0 Å². The Morgan fingerprint density at radius 2 is 2.27 bits per heavy atom. The number of hydrogen-bond donors (Lipinski definition) is 0. The van der Waals surface area contributed by atoms with Gasteiger partial charge in [0.1, 0.15) is 11.1 Å². The molecule has 0 unspecified atom stereocenters. The van der Waals surface area contributed by atoms with Crippen molar-refractivity contribution in [3.8, 4) is 0 Å². The number of nitrogens with zero attached hydrogens (tertiary/aromatic N) is 4. The maximum atomic E-state index is 5.96. The third-order valence-corrected chi connectivity index (χ3v) is 4.56. The molecule has 3 rings (SSSR count). The molecule has 3 heterocycles. The zero-order valence-electron chi connectivity index (χ0n) is 13.3. The summed E-state index contributed by atoms with van der Waals surface area (Å²) in [5, 5.41) is 3.19. The van der Waals surface area contributed by atoms with Crippen molar-refractivity contribution in [1.82, 2.24) is 14.9 Å². The van der Waals surface area contributed by atoms with Gasteiger partial charge in [0.05, 0.1) is 18.8 Å². The third-order valence-electron chi connectivity index (χ3n) is 3.80. The lowest BCUT2D eigenvalue weighted by molar-refractivity contribution is -0.0350. The van der Waals surface area contributed by atoms with E-state index in [1.54, 1.807) is 11.3 Å². The molecule has 1 saturated heterocycles. The van der Waals surface area contributed by atoms with Gasteiger partial charge in [-0.2, -0.15) is 0 Å². The standard InChI is InChI=1S/C16H22N4OS/c1-12-8-13(19(2)3)9-14(18-12)15-10-20(5-6-21-15)11-16-17-4-7-22-16/h4,7-9,15H,5-6,10-11H2,1-3H3/t15-/m1/s1. The molecule has 1 aliphatic rings. The largest absolute Gasteiger partial charge is 0.378 e. The van der Waals surface area contributed by atoms with Crippen LogP contribution in [0.5, 0.6) is 0 Å². The summed E-state index contributed by atoms with van der Waals surface area (Å²) in [6.45, 7) is 5.48. The van der Waals surface area contributed by atoms with Crippen molar-refractivity contribution >= 4 is 17.0 Å². The first-order chi connectivity index (χ1) is 10.6. The number of hydrogen-bond acceptors (Lipinski definition) is 6. The molecule has 1 atom stereocenters. The van der Waals surface area contributed by atoms with Crippen LogP contribution in [0.3, 0.4) is 0 Å². The summed E-state index contributed by atoms with van der Waals surface area (Å²) in [6.07, 6.45) is 1.90. The Kier molecular flexibility index (Phi) is 4.71. The highest BCUT2D eigenvalue weighted by atomic mass is 32.1. The molecule has 0 radical (unpaired) electrons. The Morgan fingerprint density at radius 1 is 1.41 bits per heavy atom. The van der Waals surface area contributed by atoms with Crippen molar-refractivity contribution in [2.75, 3.05) is 38.7 Å². The number of ether oxygens (including phenoxy) is 1. The predicted octanol–water partition coefficient (Wildman–Crippen LogP) is 2.49. The Bertz CT molecular complexity index is 615. The molecule has 0 bridgehead atoms. The molecule has 1 fully saturated rings. The van der Waals surface area contributed by atoms with Gasteiger partial charge in [-0.3, -0.25) is 9.88 Å². The summed E-state index contributed by atoms with van der Waals surface area (Å²) in [6, 6.07) is 4.23. The second-order valence-electron chi connectivity index (χ2n) is 5.81. The predicted molar refractivity (Wildman–Crippen MR) is 89.4 cm³/mol. The van der Waals surface area contributed by atoms with Crippen molar-refractivity contribution in [2.45, 2.75) is 19.6 Å². The monoisotopic (exact) mass is 318 g/mol. The average molecular weight is 318 g/mol. The van der Waals surface area contributed by atoms with E-state index in [-0.39, 0.29) is 6.10 Å². The van der Waals surface area contributed by atoms with Crippen LogP contribution in [0.15, 0.2) is 23.7 Å². The highest BCUT2D eigenvalue weighted by Gasteiger charge is 2.24. The fourth-order valence-electron chi connectivity index (χ4n) is 2.65. The van der Waals surface area contributed by atoms with E-state index in [0.717, 1.165) is 42.6 Å². The molecule has 5 nitrogen and oxygen atoms in total. The van der Waals surface area contributed by atoms with Crippen LogP contribution in [0.25, 0.3) is 0 Å². The molecule has 22 heavy (non-hydrogen) atoms. The number of aromatic nitrogens is 2. The SMILES string of the molecule is Cc1cc(N(C)C)cc([C@H]2CN(Cc3nccs3)CCO2)n1. The summed E-state index contributed by atoms with van der Waals surface area (Å²) < 4.78 is 5.96. The summed E-state index contributed by atoms with van der Waals surface area (Å²) >= 11 is 1.71. The Hall–Kier alpha value is -1.50. The average Bonchev–Trinajstić information content (AvgIpc) is 3.00. The van der Waals surface area contributed by atoms with Crippen LogP contribution in [-0.2, 0) is 11.3 Å². The topological polar surface area (TPSA) is 41.5 Å². The number of anilines is 1. The van der Waals surface area contributed by atoms with Crippen LogP contribution in [0, 0.1) is 6.92 Å². The Labute approximate surface area is 135 Å². The van der Waals surface area contributed by atoms with E-state index in [4.69, 9.17) is 4.74 Å². The second-order valence-corrected chi connectivity index (χ2v) is 6.79. The van der Waals surface area contributed by atoms with Crippen molar-refractivity contribution in [2.24, 2.45) is 0 Å². The Morgan fingerprint density at radius 3 is 3.00 bits per heavy atom. The van der Waals surface area contributed by atoms with E-state index in [0.29, 0.717) is 0 Å². The van der Waals surface area contributed by atoms with Crippen molar-refractivity contribution in [1.29, 1.82) is 0 Å². The summed E-state index contributed by atoms with van der Waals surface area (Å²) in [5.41, 5.74) is 3.22. The number of pyridine rings is 1. The molecule has 1 aliphatic heterocycles. The van der Waals surface area contributed by atoms with E-state index in [9.17, 15) is 0 Å². The highest BCUT2D eigenvalue weighted by molar-refractivity contribution is 7.09. The van der Waals surface area contributed by atoms with E-state index >= 15 is 0 Å². The summed E-state index contributed by atoms with van der Waals surface area (Å²) in [5.74, 6) is 0. The second kappa shape index (κ2) is 6.73. The van der Waals surface area contributed by atoms with Crippen LogP contribution in [0.1, 0.15) is 22.5 Å². The highest BCUT2D eigenvalue weighted by Crippen LogP contribution is 2.25. The first-order valence-electron chi connectivity index (χ1n) is 7.50. The fraction of sp³-hybridized carbons (Fsp3) is 0.500. The van der Waals surface area contributed by atoms with Crippen molar-refractivity contribution in [3.05, 3.63) is 40.1 Å². The van der Waals surface area contributed by atoms with Crippen LogP contribution in [0.2, 0.25) is 0 Å². The minimum absolute atomic E-state index is 0.0345. The molecule has 0 amide bonds. The molecular formula is C16H22N4OS. The van der Waals surface area contributed by atoms with Crippen LogP contribution in [-0.4, -0.2) is 48.7 Å². The van der Waals surface area contributed by atoms with Gasteiger partial charge in [0, 0.05) is 50.1 Å². The third kappa shape index (κ3) is 3.63. The smallest absolute Gasteiger partial charge is 0.112 e. The molecule has 2 aromatic heterocycles. The zero-order chi connectivity index (χ0) is 15.5. The lowest BCUT2D eigenvalue weighted by Crippen LogP contribution is -2.38. The summed E-state index contributed by atoms with van der Waals surface area (Å²) in [7, 11) is 4.10. The number of morpholine rings is 1. The van der Waals surface area contributed by atoms with E-state index in [1.807, 2.05) is 18.5 Å². The minimum Gasteiger partial charge on any atom is -0.378 e. The number of thiazole rings is 1. The fourth-order valence-corrected chi connectivity index (χ4v) is 3.30. The van der Waals surface area contributed by atoms with Crippen LogP contribution < -0.4 is 4.90 Å². The van der Waals surface area contributed by atoms with Gasteiger partial charge in [-0.05, 0) is 19.1 Å². The molecule has 0 saturated carbocycles. The summed E-state index contributed by atoms with van der Waals surface area (Å²) in [4.78, 5) is 13.6. The van der Waals surface area contributed by atoms with Crippen LogP contribution in [0.4, 0.5) is 5.69 Å². The van der Waals surface area contributed by atoms with E-state index in [2.05, 4.69) is 46.0 Å². The number of rotatable bonds is 4. The lowest BCUT2D eigenvalue weighted by Gasteiger charge is -2.32. The minimum atomic E-state index is 0.0345. The Balaban J connectivity index is 1.74. The van der Waals surface area contributed by atoms with Crippen LogP contribution >= 0.6 is 11.3 Å². The molecule has 0 aliphatic carbocycles. The van der Waals surface area contributed by atoms with Gasteiger partial charge in [0.2, 0.25) is 0 Å². The molecule has 0 aromatic carbocycles. The quantitative estimate of drug-likeness (QED) is 0.866. The van der Waals surface area contributed by atoms with Gasteiger partial charge in [0.25, 0.3) is 0 Å². The number of aryl methyl sites for hydroxylation is 1. The van der Waals surface area contributed by atoms with E-state index < -0.39 is 0 Å². The van der Waals surface area contributed by atoms with Gasteiger partial charge in [-0.25, -0.2) is 4.98 Å². The molecular weight excluding hydrogens is 296 g/mol. The van der Waals surface area contributed by atoms with Crippen molar-refractivity contribution < 1.29 is 4.74 Å². The maximum Gasteiger partial charge on any atom is 0.112 e. The normalized spacial score (nSPS) is 19.3. The van der Waals surface area contributed by atoms with Gasteiger partial charge in [-0.15, -0.1) is 11.3 Å². The maximum absolute atomic E-state index is 5.96. The lowest BCUT2D eigenvalue weighted by atomic mass is 10.1. The zero-order valence-corrected chi connectivity index (χ0v) is 14.1. The molecule has 118 valence electrons. The molecule has 6 heteroatoms. The first kappa shape index (κ1) is 15.4. The van der Waals surface area contributed by atoms with E-state index in [1.165, 1.54) is 5.69 Å². The molecule has 0 N–H and O–H groups in total. The van der Waals surface area contributed by atoms with Gasteiger partial charge < -0.3 is 9.64 Å². The van der Waals surface area contributed by atoms with Gasteiger partial charge in [-0.1, -0.05) is 0 Å².